The number of hydrogen-bond donors (Lipinski definition) is 0. The second-order valence-corrected chi connectivity index (χ2v) is 6.02. The topological polar surface area (TPSA) is 80.3 Å². The van der Waals surface area contributed by atoms with E-state index in [9.17, 15) is 19.8 Å². The maximum atomic E-state index is 9.93. The van der Waals surface area contributed by atoms with E-state index in [4.69, 9.17) is 0 Å². The molecule has 0 unspecified atom stereocenters. The molecule has 0 aliphatic rings. The minimum atomic E-state index is -0.927. The van der Waals surface area contributed by atoms with Crippen molar-refractivity contribution in [2.45, 2.75) is 79.1 Å². The van der Waals surface area contributed by atoms with E-state index in [2.05, 4.69) is 27.7 Å². The minimum Gasteiger partial charge on any atom is -0.550 e. The van der Waals surface area contributed by atoms with Gasteiger partial charge in [0, 0.05) is 11.9 Å². The van der Waals surface area contributed by atoms with Crippen LogP contribution in [0.1, 0.15) is 79.1 Å². The van der Waals surface area contributed by atoms with Crippen LogP contribution in [0.15, 0.2) is 0 Å². The number of aliphatic carboxylic acids is 2. The molecule has 0 aromatic rings. The van der Waals surface area contributed by atoms with Gasteiger partial charge < -0.3 is 19.8 Å². The molecule has 0 fully saturated rings. The number of carboxylic acid groups (broad SMARTS) is 2. The average Bonchev–Trinajstić information content (AvgIpc) is 2.30. The summed E-state index contributed by atoms with van der Waals surface area (Å²) in [6.45, 7) is 8.55. The molecule has 0 aromatic carbocycles. The molecule has 0 saturated heterocycles. The fourth-order valence-electron chi connectivity index (χ4n) is 1.64. The third-order valence-corrected chi connectivity index (χ3v) is 2.82. The maximum absolute atomic E-state index is 9.93. The van der Waals surface area contributed by atoms with Gasteiger partial charge in [0.05, 0.1) is 0 Å². The van der Waals surface area contributed by atoms with Crippen LogP contribution in [0.3, 0.4) is 0 Å². The Morgan fingerprint density at radius 1 is 0.714 bits per heavy atom. The van der Waals surface area contributed by atoms with Crippen molar-refractivity contribution in [2.24, 2.45) is 11.8 Å². The number of unbranched alkanes of at least 4 members (excludes halogenated alkanes) is 2. The monoisotopic (exact) mass is 349 g/mol. The van der Waals surface area contributed by atoms with Gasteiger partial charge in [-0.1, -0.05) is 53.4 Å². The third-order valence-electron chi connectivity index (χ3n) is 2.82. The van der Waals surface area contributed by atoms with E-state index in [-0.39, 0.29) is 29.9 Å². The van der Waals surface area contributed by atoms with Crippen LogP contribution in [-0.4, -0.2) is 11.9 Å². The van der Waals surface area contributed by atoms with E-state index in [0.717, 1.165) is 38.5 Å². The Hall–Kier alpha value is -0.541. The molecule has 0 saturated carbocycles. The van der Waals surface area contributed by atoms with Crippen LogP contribution >= 0.6 is 0 Å². The summed E-state index contributed by atoms with van der Waals surface area (Å²) < 4.78 is 0. The zero-order valence-corrected chi connectivity index (χ0v) is 14.7. The molecule has 0 aliphatic heterocycles. The van der Waals surface area contributed by atoms with Gasteiger partial charge in [0.1, 0.15) is 0 Å². The van der Waals surface area contributed by atoms with Gasteiger partial charge >= 0.3 is 17.1 Å². The van der Waals surface area contributed by atoms with Gasteiger partial charge in [0.25, 0.3) is 0 Å². The molecule has 1 radical (unpaired) electrons. The summed E-state index contributed by atoms with van der Waals surface area (Å²) in [5.41, 5.74) is 0. The molecule has 4 nitrogen and oxygen atoms in total. The largest absolute Gasteiger partial charge is 2.00 e. The van der Waals surface area contributed by atoms with Crippen molar-refractivity contribution < 1.29 is 36.9 Å². The zero-order valence-electron chi connectivity index (χ0n) is 13.7. The molecule has 129 valence electrons. The van der Waals surface area contributed by atoms with Crippen LogP contribution in [0.25, 0.3) is 0 Å². The van der Waals surface area contributed by atoms with Gasteiger partial charge in [0.15, 0.2) is 0 Å². The molecule has 0 aromatic heterocycles. The third kappa shape index (κ3) is 32.7. The van der Waals surface area contributed by atoms with Crippen LogP contribution in [-0.2, 0) is 26.7 Å². The van der Waals surface area contributed by atoms with E-state index in [1.165, 1.54) is 0 Å². The second-order valence-electron chi connectivity index (χ2n) is 6.02. The van der Waals surface area contributed by atoms with Crippen molar-refractivity contribution >= 4 is 11.9 Å². The molecule has 5 heteroatoms. The fraction of sp³-hybridized carbons (Fsp3) is 0.875. The number of carbonyl (C=O) groups is 2. The van der Waals surface area contributed by atoms with Gasteiger partial charge in [-0.3, -0.25) is 0 Å². The van der Waals surface area contributed by atoms with Crippen molar-refractivity contribution in [3.63, 3.8) is 0 Å². The summed E-state index contributed by atoms with van der Waals surface area (Å²) in [6, 6.07) is 0. The molecular weight excluding hydrogens is 320 g/mol. The predicted octanol–water partition coefficient (Wildman–Crippen LogP) is 1.90. The molecule has 0 spiro atoms. The molecular formula is C16H30CuO4. The predicted molar refractivity (Wildman–Crippen MR) is 76.6 cm³/mol. The molecule has 0 amide bonds. The molecule has 0 heterocycles. The molecule has 0 rings (SSSR count). The van der Waals surface area contributed by atoms with Crippen molar-refractivity contribution in [1.29, 1.82) is 0 Å². The van der Waals surface area contributed by atoms with Gasteiger partial charge in [-0.2, -0.15) is 0 Å². The summed E-state index contributed by atoms with van der Waals surface area (Å²) in [7, 11) is 0. The molecule has 0 aliphatic carbocycles. The zero-order chi connectivity index (χ0) is 16.0. The first-order chi connectivity index (χ1) is 9.25. The summed E-state index contributed by atoms with van der Waals surface area (Å²) in [5, 5.41) is 19.9. The van der Waals surface area contributed by atoms with Gasteiger partial charge in [-0.15, -0.1) is 0 Å². The van der Waals surface area contributed by atoms with Gasteiger partial charge in [0.2, 0.25) is 0 Å². The smallest absolute Gasteiger partial charge is 0.550 e. The van der Waals surface area contributed by atoms with Crippen LogP contribution < -0.4 is 10.2 Å². The first kappa shape index (κ1) is 25.4. The average molecular weight is 350 g/mol. The van der Waals surface area contributed by atoms with Crippen LogP contribution in [0.4, 0.5) is 0 Å². The number of rotatable bonds is 10. The Labute approximate surface area is 140 Å². The van der Waals surface area contributed by atoms with Gasteiger partial charge in [-0.05, 0) is 37.5 Å². The summed E-state index contributed by atoms with van der Waals surface area (Å²) in [5.74, 6) is -0.490. The van der Waals surface area contributed by atoms with Crippen molar-refractivity contribution in [3.05, 3.63) is 0 Å². The van der Waals surface area contributed by atoms with E-state index in [0.29, 0.717) is 11.8 Å². The molecule has 0 atom stereocenters. The quantitative estimate of drug-likeness (QED) is 0.445. The van der Waals surface area contributed by atoms with Crippen molar-refractivity contribution in [2.75, 3.05) is 0 Å². The first-order valence-corrected chi connectivity index (χ1v) is 7.65. The maximum Gasteiger partial charge on any atom is 2.00 e. The Balaban J connectivity index is -0.000000295. The molecule has 0 bridgehead atoms. The van der Waals surface area contributed by atoms with E-state index < -0.39 is 11.9 Å². The number of carboxylic acids is 2. The van der Waals surface area contributed by atoms with Crippen LogP contribution in [0, 0.1) is 11.8 Å². The summed E-state index contributed by atoms with van der Waals surface area (Å²) in [6.07, 6.45) is 6.21. The second kappa shape index (κ2) is 17.5. The van der Waals surface area contributed by atoms with Crippen molar-refractivity contribution in [3.8, 4) is 0 Å². The SMILES string of the molecule is CC(C)CCCCC(=O)[O-].CC(C)CCCCC(=O)[O-].[Cu+2]. The van der Waals surface area contributed by atoms with Gasteiger partial charge in [-0.25, -0.2) is 0 Å². The van der Waals surface area contributed by atoms with E-state index in [1.807, 2.05) is 0 Å². The Kier molecular flexibility index (Phi) is 21.2. The number of hydrogen-bond acceptors (Lipinski definition) is 4. The summed E-state index contributed by atoms with van der Waals surface area (Å²) in [4.78, 5) is 19.9. The first-order valence-electron chi connectivity index (χ1n) is 7.65. The Morgan fingerprint density at radius 3 is 1.19 bits per heavy atom. The van der Waals surface area contributed by atoms with E-state index >= 15 is 0 Å². The van der Waals surface area contributed by atoms with Crippen LogP contribution in [0.5, 0.6) is 0 Å². The molecule has 0 N–H and O–H groups in total. The number of carbonyl (C=O) groups excluding carboxylic acids is 2. The Morgan fingerprint density at radius 2 is 1.00 bits per heavy atom. The van der Waals surface area contributed by atoms with Crippen LogP contribution in [0.2, 0.25) is 0 Å². The normalized spacial score (nSPS) is 9.81. The minimum absolute atomic E-state index is 0. The standard InChI is InChI=1S/2C8H16O2.Cu/c2*1-7(2)5-3-4-6-8(9)10;/h2*7H,3-6H2,1-2H3,(H,9,10);/q;;+2/p-2. The van der Waals surface area contributed by atoms with E-state index in [1.54, 1.807) is 0 Å². The molecule has 21 heavy (non-hydrogen) atoms. The van der Waals surface area contributed by atoms with Crippen molar-refractivity contribution in [1.82, 2.24) is 0 Å². The Bertz CT molecular complexity index is 227. The fourth-order valence-corrected chi connectivity index (χ4v) is 1.64. The summed E-state index contributed by atoms with van der Waals surface area (Å²) >= 11 is 0.